The molecule has 0 spiro atoms. The number of ether oxygens (including phenoxy) is 1. The molecule has 1 saturated heterocycles. The normalized spacial score (nSPS) is 22.4. The molecule has 0 aromatic carbocycles. The molecule has 1 N–H and O–H groups in total. The number of halogens is 3. The number of carbonyl (C=O) groups is 4. The molecule has 15 heteroatoms. The topological polar surface area (TPSA) is 133 Å². The number of thioether (sulfide) groups is 1. The molecular formula is C13H12F3N2NaO7S2. The number of amides is 2. The minimum Gasteiger partial charge on any atom is -0.543 e. The number of carbonyl (C=O) groups excluding carboxylic acids is 4. The molecule has 150 valence electrons. The molecule has 2 aliphatic rings. The van der Waals surface area contributed by atoms with Crippen LogP contribution in [-0.4, -0.2) is 67.9 Å². The van der Waals surface area contributed by atoms with Crippen LogP contribution < -0.4 is 40.0 Å². The van der Waals surface area contributed by atoms with Gasteiger partial charge < -0.3 is 20.0 Å². The van der Waals surface area contributed by atoms with Crippen LogP contribution >= 0.6 is 11.8 Å². The molecule has 0 radical (unpaired) electrons. The largest absolute Gasteiger partial charge is 1.00 e. The summed E-state index contributed by atoms with van der Waals surface area (Å²) in [5.74, 6) is -5.83. The number of β-lactam (4-membered cyclic amide) rings is 1. The van der Waals surface area contributed by atoms with E-state index < -0.39 is 62.9 Å². The van der Waals surface area contributed by atoms with E-state index >= 15 is 0 Å². The molecule has 2 aliphatic heterocycles. The number of hydrogen-bond acceptors (Lipinski definition) is 8. The molecule has 2 heterocycles. The van der Waals surface area contributed by atoms with Gasteiger partial charge in [-0.1, -0.05) is 0 Å². The van der Waals surface area contributed by atoms with Gasteiger partial charge in [0.25, 0.3) is 5.91 Å². The van der Waals surface area contributed by atoms with Crippen LogP contribution in [0.2, 0.25) is 0 Å². The van der Waals surface area contributed by atoms with Crippen molar-refractivity contribution in [1.82, 2.24) is 10.2 Å². The Morgan fingerprint density at radius 3 is 2.50 bits per heavy atom. The molecule has 3 atom stereocenters. The number of hydrogen-bond donors (Lipinski definition) is 1. The first-order valence-corrected chi connectivity index (χ1v) is 9.56. The van der Waals surface area contributed by atoms with E-state index in [2.05, 4.69) is 0 Å². The second-order valence-corrected chi connectivity index (χ2v) is 7.96. The van der Waals surface area contributed by atoms with Gasteiger partial charge in [-0.2, -0.15) is 13.2 Å². The van der Waals surface area contributed by atoms with Crippen molar-refractivity contribution < 1.29 is 76.0 Å². The maximum absolute atomic E-state index is 12.2. The van der Waals surface area contributed by atoms with Crippen molar-refractivity contribution in [2.75, 3.05) is 18.1 Å². The van der Waals surface area contributed by atoms with Crippen molar-refractivity contribution in [3.05, 3.63) is 11.3 Å². The van der Waals surface area contributed by atoms with Crippen LogP contribution in [-0.2, 0) is 34.7 Å². The number of aliphatic carboxylic acids is 1. The monoisotopic (exact) mass is 452 g/mol. The molecular weight excluding hydrogens is 440 g/mol. The van der Waals surface area contributed by atoms with Gasteiger partial charge in [0.15, 0.2) is 0 Å². The molecule has 0 saturated carbocycles. The number of nitrogens with one attached hydrogen (secondary N) is 1. The van der Waals surface area contributed by atoms with Crippen LogP contribution in [0.15, 0.2) is 11.3 Å². The predicted octanol–water partition coefficient (Wildman–Crippen LogP) is -4.77. The smallest absolute Gasteiger partial charge is 0.543 e. The number of alkyl halides is 3. The fourth-order valence-electron chi connectivity index (χ4n) is 2.39. The Hall–Kier alpha value is -1.09. The summed E-state index contributed by atoms with van der Waals surface area (Å²) in [7, 11) is -3.42. The fourth-order valence-corrected chi connectivity index (χ4v) is 4.20. The van der Waals surface area contributed by atoms with Gasteiger partial charge in [-0.25, -0.2) is 4.21 Å². The van der Waals surface area contributed by atoms with E-state index in [-0.39, 0.29) is 47.5 Å². The van der Waals surface area contributed by atoms with E-state index in [4.69, 9.17) is 4.74 Å². The number of nitrogens with zero attached hydrogens (tertiary/aromatic N) is 1. The minimum atomic E-state index is -5.07. The number of carboxylic acids is 1. The summed E-state index contributed by atoms with van der Waals surface area (Å²) in [5.41, 5.74) is -5.46. The molecule has 2 rings (SSSR count). The van der Waals surface area contributed by atoms with E-state index in [1.165, 1.54) is 0 Å². The zero-order chi connectivity index (χ0) is 20.5. The van der Waals surface area contributed by atoms with Crippen LogP contribution in [0.25, 0.3) is 0 Å². The quantitative estimate of drug-likeness (QED) is 0.241. The van der Waals surface area contributed by atoms with Gasteiger partial charge in [0.05, 0.1) is 11.7 Å². The van der Waals surface area contributed by atoms with E-state index in [1.807, 2.05) is 5.32 Å². The summed E-state index contributed by atoms with van der Waals surface area (Å²) < 4.78 is 52.3. The third-order valence-corrected chi connectivity index (χ3v) is 5.91. The first kappa shape index (κ1) is 24.9. The standard InChI is InChI=1S/C13H13F3N2O7S2.Na/c1-5(19)25-2-6-3-26-11-8(10(21)18(11)9(6)12(22)23)17-7(20)4-27(24)13(14,15)16;/h8,11H,2-4H2,1H3,(H,17,20)(H,22,23);/q;+1/p-1/t8-,11-,27?;/m1./s1. The Balaban J connectivity index is 0.00000392. The summed E-state index contributed by atoms with van der Waals surface area (Å²) in [6.07, 6.45) is 0. The van der Waals surface area contributed by atoms with Crippen molar-refractivity contribution in [2.45, 2.75) is 23.8 Å². The molecule has 28 heavy (non-hydrogen) atoms. The molecule has 0 aromatic rings. The third kappa shape index (κ3) is 5.49. The van der Waals surface area contributed by atoms with Crippen molar-refractivity contribution >= 4 is 46.3 Å². The summed E-state index contributed by atoms with van der Waals surface area (Å²) in [5, 5.41) is 12.5. The molecule has 9 nitrogen and oxygen atoms in total. The first-order valence-electron chi connectivity index (χ1n) is 7.19. The molecule has 0 aliphatic carbocycles. The van der Waals surface area contributed by atoms with Crippen molar-refractivity contribution in [2.24, 2.45) is 0 Å². The molecule has 1 unspecified atom stereocenters. The molecule has 0 aromatic heterocycles. The Bertz CT molecular complexity index is 759. The molecule has 1 fully saturated rings. The van der Waals surface area contributed by atoms with Crippen LogP contribution in [0.5, 0.6) is 0 Å². The second-order valence-electron chi connectivity index (χ2n) is 5.41. The van der Waals surface area contributed by atoms with Crippen LogP contribution in [0, 0.1) is 0 Å². The number of fused-ring (bicyclic) bond motifs is 1. The minimum absolute atomic E-state index is 0. The molecule has 2 amide bonds. The zero-order valence-electron chi connectivity index (χ0n) is 14.5. The summed E-state index contributed by atoms with van der Waals surface area (Å²) in [6, 6.07) is -1.27. The second kappa shape index (κ2) is 9.61. The number of esters is 1. The van der Waals surface area contributed by atoms with Crippen LogP contribution in [0.3, 0.4) is 0 Å². The van der Waals surface area contributed by atoms with E-state index in [1.54, 1.807) is 0 Å². The van der Waals surface area contributed by atoms with Gasteiger partial charge in [0.2, 0.25) is 5.91 Å². The van der Waals surface area contributed by atoms with Crippen molar-refractivity contribution in [3.8, 4) is 0 Å². The summed E-state index contributed by atoms with van der Waals surface area (Å²) >= 11 is 1.02. The average molecular weight is 452 g/mol. The van der Waals surface area contributed by atoms with Gasteiger partial charge in [0, 0.05) is 18.2 Å². The van der Waals surface area contributed by atoms with E-state index in [0.717, 1.165) is 23.6 Å². The maximum atomic E-state index is 12.2. The van der Waals surface area contributed by atoms with Crippen LogP contribution in [0.1, 0.15) is 6.92 Å². The van der Waals surface area contributed by atoms with E-state index in [9.17, 15) is 41.7 Å². The zero-order valence-corrected chi connectivity index (χ0v) is 18.2. The fraction of sp³-hybridized carbons (Fsp3) is 0.538. The Morgan fingerprint density at radius 1 is 1.39 bits per heavy atom. The van der Waals surface area contributed by atoms with Gasteiger partial charge in [-0.15, -0.1) is 11.8 Å². The van der Waals surface area contributed by atoms with Gasteiger partial charge in [-0.3, -0.25) is 19.3 Å². The molecule has 0 bridgehead atoms. The number of carboxylic acid groups (broad SMARTS) is 1. The number of rotatable bonds is 6. The van der Waals surface area contributed by atoms with Crippen molar-refractivity contribution in [1.29, 1.82) is 0 Å². The van der Waals surface area contributed by atoms with Crippen LogP contribution in [0.4, 0.5) is 13.2 Å². The van der Waals surface area contributed by atoms with E-state index in [0.29, 0.717) is 0 Å². The van der Waals surface area contributed by atoms with Gasteiger partial charge >= 0.3 is 41.0 Å². The Labute approximate surface area is 185 Å². The van der Waals surface area contributed by atoms with Crippen molar-refractivity contribution in [3.63, 3.8) is 0 Å². The summed E-state index contributed by atoms with van der Waals surface area (Å²) in [4.78, 5) is 46.8. The van der Waals surface area contributed by atoms with Gasteiger partial charge in [-0.05, 0) is 0 Å². The maximum Gasteiger partial charge on any atom is 1.00 e. The SMILES string of the molecule is CC(=O)OCC1=C(C(=O)[O-])N2C(=O)[C@@H](NC(=O)CS(=O)C(F)(F)F)[C@H]2SC1.[Na+]. The first-order chi connectivity index (χ1) is 12.4. The average Bonchev–Trinajstić information content (AvgIpc) is 2.55. The summed E-state index contributed by atoms with van der Waals surface area (Å²) in [6.45, 7) is 0.743. The van der Waals surface area contributed by atoms with Gasteiger partial charge in [0.1, 0.15) is 34.6 Å². The Morgan fingerprint density at radius 2 is 2.00 bits per heavy atom. The predicted molar refractivity (Wildman–Crippen MR) is 82.8 cm³/mol. The Kier molecular flexibility index (Phi) is 8.56. The third-order valence-electron chi connectivity index (χ3n) is 3.53.